The molecule has 0 fully saturated rings. The SMILES string of the molecule is Cc1cc(C(=O)O)nn1CCOc1ccccc1F. The van der Waals surface area contributed by atoms with Gasteiger partial charge in [0.25, 0.3) is 0 Å². The molecule has 1 aromatic carbocycles. The van der Waals surface area contributed by atoms with Gasteiger partial charge in [0.2, 0.25) is 0 Å². The van der Waals surface area contributed by atoms with Crippen molar-refractivity contribution in [2.24, 2.45) is 0 Å². The average Bonchev–Trinajstić information content (AvgIpc) is 2.74. The number of hydrogen-bond donors (Lipinski definition) is 1. The molecule has 0 amide bonds. The van der Waals surface area contributed by atoms with E-state index in [4.69, 9.17) is 9.84 Å². The number of aromatic nitrogens is 2. The van der Waals surface area contributed by atoms with Crippen LogP contribution in [0.5, 0.6) is 5.75 Å². The van der Waals surface area contributed by atoms with E-state index < -0.39 is 11.8 Å². The maximum atomic E-state index is 13.3. The highest BCUT2D eigenvalue weighted by molar-refractivity contribution is 5.85. The molecular weight excluding hydrogens is 251 g/mol. The van der Waals surface area contributed by atoms with Crippen LogP contribution in [0.2, 0.25) is 0 Å². The summed E-state index contributed by atoms with van der Waals surface area (Å²) in [4.78, 5) is 10.7. The van der Waals surface area contributed by atoms with E-state index in [9.17, 15) is 9.18 Å². The Balaban J connectivity index is 1.96. The topological polar surface area (TPSA) is 64.3 Å². The standard InChI is InChI=1S/C13H13FN2O3/c1-9-8-11(13(17)18)15-16(9)6-7-19-12-5-3-2-4-10(12)14/h2-5,8H,6-7H2,1H3,(H,17,18). The van der Waals surface area contributed by atoms with Crippen LogP contribution in [0.25, 0.3) is 0 Å². The van der Waals surface area contributed by atoms with Crippen LogP contribution in [0.15, 0.2) is 30.3 Å². The van der Waals surface area contributed by atoms with E-state index in [2.05, 4.69) is 5.10 Å². The summed E-state index contributed by atoms with van der Waals surface area (Å²) in [6.45, 7) is 2.32. The second kappa shape index (κ2) is 5.51. The third-order valence-corrected chi connectivity index (χ3v) is 2.60. The molecule has 2 rings (SSSR count). The molecule has 0 atom stereocenters. The lowest BCUT2D eigenvalue weighted by molar-refractivity contribution is 0.0689. The number of aromatic carboxylic acids is 1. The maximum Gasteiger partial charge on any atom is 0.356 e. The Morgan fingerprint density at radius 2 is 2.21 bits per heavy atom. The first kappa shape index (κ1) is 13.1. The summed E-state index contributed by atoms with van der Waals surface area (Å²) in [6.07, 6.45) is 0. The highest BCUT2D eigenvalue weighted by Gasteiger charge is 2.10. The van der Waals surface area contributed by atoms with Gasteiger partial charge in [-0.3, -0.25) is 4.68 Å². The summed E-state index contributed by atoms with van der Waals surface area (Å²) in [6, 6.07) is 7.59. The van der Waals surface area contributed by atoms with Gasteiger partial charge in [0, 0.05) is 5.69 Å². The Labute approximate surface area is 109 Å². The van der Waals surface area contributed by atoms with Crippen LogP contribution in [-0.4, -0.2) is 27.5 Å². The molecule has 0 aliphatic rings. The first-order valence-corrected chi connectivity index (χ1v) is 5.73. The molecule has 6 heteroatoms. The normalized spacial score (nSPS) is 10.4. The van der Waals surface area contributed by atoms with Gasteiger partial charge in [0.1, 0.15) is 6.61 Å². The van der Waals surface area contributed by atoms with Gasteiger partial charge in [0.15, 0.2) is 17.3 Å². The van der Waals surface area contributed by atoms with Crippen molar-refractivity contribution < 1.29 is 19.0 Å². The Kier molecular flexibility index (Phi) is 3.79. The molecule has 0 saturated carbocycles. The van der Waals surface area contributed by atoms with Crippen LogP contribution in [0.4, 0.5) is 4.39 Å². The number of hydrogen-bond acceptors (Lipinski definition) is 3. The molecule has 0 spiro atoms. The quantitative estimate of drug-likeness (QED) is 0.898. The van der Waals surface area contributed by atoms with Crippen molar-refractivity contribution in [1.29, 1.82) is 0 Å². The van der Waals surface area contributed by atoms with Crippen LogP contribution in [0.1, 0.15) is 16.2 Å². The minimum atomic E-state index is -1.07. The van der Waals surface area contributed by atoms with Gasteiger partial charge < -0.3 is 9.84 Å². The predicted octanol–water partition coefficient (Wildman–Crippen LogP) is 2.11. The molecular formula is C13H13FN2O3. The second-order valence-electron chi connectivity index (χ2n) is 3.98. The number of nitrogens with zero attached hydrogens (tertiary/aromatic N) is 2. The lowest BCUT2D eigenvalue weighted by Crippen LogP contribution is -2.12. The molecule has 19 heavy (non-hydrogen) atoms. The first-order chi connectivity index (χ1) is 9.08. The van der Waals surface area contributed by atoms with Crippen molar-refractivity contribution in [3.05, 3.63) is 47.5 Å². The largest absolute Gasteiger partial charge is 0.489 e. The highest BCUT2D eigenvalue weighted by atomic mass is 19.1. The Morgan fingerprint density at radius 1 is 1.47 bits per heavy atom. The molecule has 0 unspecified atom stereocenters. The summed E-state index contributed by atoms with van der Waals surface area (Å²) in [5.41, 5.74) is 0.706. The predicted molar refractivity (Wildman–Crippen MR) is 65.8 cm³/mol. The third kappa shape index (κ3) is 3.09. The summed E-state index contributed by atoms with van der Waals surface area (Å²) >= 11 is 0. The molecule has 1 heterocycles. The summed E-state index contributed by atoms with van der Waals surface area (Å²) in [7, 11) is 0. The van der Waals surface area contributed by atoms with Gasteiger partial charge in [-0.1, -0.05) is 12.1 Å². The minimum Gasteiger partial charge on any atom is -0.489 e. The number of carboxylic acids is 1. The van der Waals surface area contributed by atoms with Gasteiger partial charge in [-0.15, -0.1) is 0 Å². The smallest absolute Gasteiger partial charge is 0.356 e. The molecule has 0 saturated heterocycles. The lowest BCUT2D eigenvalue weighted by Gasteiger charge is -2.08. The lowest BCUT2D eigenvalue weighted by atomic mass is 10.3. The summed E-state index contributed by atoms with van der Waals surface area (Å²) < 4.78 is 20.1. The van der Waals surface area contributed by atoms with Crippen LogP contribution < -0.4 is 4.74 Å². The molecule has 0 radical (unpaired) electrons. The second-order valence-corrected chi connectivity index (χ2v) is 3.98. The monoisotopic (exact) mass is 264 g/mol. The molecule has 5 nitrogen and oxygen atoms in total. The number of carbonyl (C=O) groups is 1. The number of para-hydroxylation sites is 1. The molecule has 0 aliphatic carbocycles. The molecule has 100 valence electrons. The zero-order chi connectivity index (χ0) is 13.8. The zero-order valence-corrected chi connectivity index (χ0v) is 10.3. The number of rotatable bonds is 5. The highest BCUT2D eigenvalue weighted by Crippen LogP contribution is 2.15. The number of aryl methyl sites for hydroxylation is 1. The van der Waals surface area contributed by atoms with E-state index in [0.29, 0.717) is 6.54 Å². The third-order valence-electron chi connectivity index (χ3n) is 2.60. The molecule has 1 aromatic heterocycles. The van der Waals surface area contributed by atoms with E-state index >= 15 is 0 Å². The number of benzene rings is 1. The number of halogens is 1. The number of ether oxygens (including phenoxy) is 1. The Bertz CT molecular complexity index is 595. The summed E-state index contributed by atoms with van der Waals surface area (Å²) in [5.74, 6) is -1.33. The Hall–Kier alpha value is -2.37. The fourth-order valence-corrected chi connectivity index (χ4v) is 1.64. The van der Waals surface area contributed by atoms with E-state index in [0.717, 1.165) is 5.69 Å². The van der Waals surface area contributed by atoms with Crippen LogP contribution in [0.3, 0.4) is 0 Å². The van der Waals surface area contributed by atoms with E-state index in [-0.39, 0.29) is 18.1 Å². The maximum absolute atomic E-state index is 13.3. The van der Waals surface area contributed by atoms with Crippen molar-refractivity contribution >= 4 is 5.97 Å². The van der Waals surface area contributed by atoms with Gasteiger partial charge in [-0.25, -0.2) is 9.18 Å². The van der Waals surface area contributed by atoms with Crippen molar-refractivity contribution in [2.75, 3.05) is 6.61 Å². The van der Waals surface area contributed by atoms with Crippen molar-refractivity contribution in [3.63, 3.8) is 0 Å². The van der Waals surface area contributed by atoms with Gasteiger partial charge >= 0.3 is 5.97 Å². The van der Waals surface area contributed by atoms with Gasteiger partial charge in [-0.2, -0.15) is 5.10 Å². The number of carboxylic acid groups (broad SMARTS) is 1. The fourth-order valence-electron chi connectivity index (χ4n) is 1.64. The fraction of sp³-hybridized carbons (Fsp3) is 0.231. The molecule has 0 aliphatic heterocycles. The molecule has 2 aromatic rings. The minimum absolute atomic E-state index is 0.0107. The molecule has 1 N–H and O–H groups in total. The average molecular weight is 264 g/mol. The molecule has 0 bridgehead atoms. The Morgan fingerprint density at radius 3 is 2.84 bits per heavy atom. The van der Waals surface area contributed by atoms with Crippen LogP contribution >= 0.6 is 0 Å². The van der Waals surface area contributed by atoms with E-state index in [1.54, 1.807) is 19.1 Å². The van der Waals surface area contributed by atoms with Gasteiger partial charge in [0.05, 0.1) is 6.54 Å². The van der Waals surface area contributed by atoms with Crippen molar-refractivity contribution in [2.45, 2.75) is 13.5 Å². The van der Waals surface area contributed by atoms with E-state index in [1.165, 1.54) is 22.9 Å². The zero-order valence-electron chi connectivity index (χ0n) is 10.3. The van der Waals surface area contributed by atoms with Gasteiger partial charge in [-0.05, 0) is 25.1 Å². The summed E-state index contributed by atoms with van der Waals surface area (Å²) in [5, 5.41) is 12.7. The van der Waals surface area contributed by atoms with E-state index in [1.807, 2.05) is 0 Å². The van der Waals surface area contributed by atoms with Crippen LogP contribution in [0, 0.1) is 12.7 Å². The van der Waals surface area contributed by atoms with Crippen molar-refractivity contribution in [1.82, 2.24) is 9.78 Å². The van der Waals surface area contributed by atoms with Crippen LogP contribution in [-0.2, 0) is 6.54 Å². The van der Waals surface area contributed by atoms with Crippen molar-refractivity contribution in [3.8, 4) is 5.75 Å². The first-order valence-electron chi connectivity index (χ1n) is 5.73.